The summed E-state index contributed by atoms with van der Waals surface area (Å²) >= 11 is 0. The van der Waals surface area contributed by atoms with Crippen molar-refractivity contribution in [3.8, 4) is 0 Å². The minimum Gasteiger partial charge on any atom is -0.461 e. The molecular weight excluding hydrogens is 268 g/mol. The summed E-state index contributed by atoms with van der Waals surface area (Å²) < 4.78 is 5.27. The van der Waals surface area contributed by atoms with Gasteiger partial charge >= 0.3 is 5.97 Å². The summed E-state index contributed by atoms with van der Waals surface area (Å²) in [5, 5.41) is 3.17. The van der Waals surface area contributed by atoms with Crippen LogP contribution in [0.25, 0.3) is 0 Å². The summed E-state index contributed by atoms with van der Waals surface area (Å²) in [6.07, 6.45) is 0.221. The maximum absolute atomic E-state index is 11.9. The number of rotatable bonds is 8. The molecule has 0 bridgehead atoms. The SMILES string of the molecule is CC(CNC(C)(C)CC(N)=O)C(=O)OCc1ccccc1. The summed E-state index contributed by atoms with van der Waals surface area (Å²) in [6, 6.07) is 9.54. The van der Waals surface area contributed by atoms with E-state index in [2.05, 4.69) is 5.32 Å². The van der Waals surface area contributed by atoms with Crippen molar-refractivity contribution in [2.45, 2.75) is 39.3 Å². The number of hydrogen-bond acceptors (Lipinski definition) is 4. The number of amides is 1. The molecule has 3 N–H and O–H groups in total. The van der Waals surface area contributed by atoms with Gasteiger partial charge in [-0.2, -0.15) is 0 Å². The second kappa shape index (κ2) is 7.78. The van der Waals surface area contributed by atoms with Gasteiger partial charge in [-0.15, -0.1) is 0 Å². The van der Waals surface area contributed by atoms with Crippen LogP contribution in [0.2, 0.25) is 0 Å². The Morgan fingerprint density at radius 3 is 2.48 bits per heavy atom. The summed E-state index contributed by atoms with van der Waals surface area (Å²) in [4.78, 5) is 22.8. The van der Waals surface area contributed by atoms with Gasteiger partial charge in [0.15, 0.2) is 0 Å². The lowest BCUT2D eigenvalue weighted by atomic mass is 9.99. The highest BCUT2D eigenvalue weighted by Gasteiger charge is 2.23. The van der Waals surface area contributed by atoms with Crippen LogP contribution in [-0.2, 0) is 20.9 Å². The number of carbonyl (C=O) groups is 2. The van der Waals surface area contributed by atoms with Gasteiger partial charge in [-0.25, -0.2) is 0 Å². The molecule has 21 heavy (non-hydrogen) atoms. The first-order valence-electron chi connectivity index (χ1n) is 7.04. The number of nitrogens with one attached hydrogen (secondary N) is 1. The molecule has 1 amide bonds. The first-order valence-corrected chi connectivity index (χ1v) is 7.04. The molecule has 0 heterocycles. The smallest absolute Gasteiger partial charge is 0.310 e. The molecule has 0 saturated heterocycles. The molecule has 0 aliphatic carbocycles. The van der Waals surface area contributed by atoms with Crippen LogP contribution in [-0.4, -0.2) is 24.0 Å². The maximum Gasteiger partial charge on any atom is 0.310 e. The van der Waals surface area contributed by atoms with Crippen LogP contribution in [0.1, 0.15) is 32.8 Å². The minimum absolute atomic E-state index is 0.221. The number of primary amides is 1. The predicted octanol–water partition coefficient (Wildman–Crippen LogP) is 1.61. The molecule has 0 aromatic heterocycles. The molecular formula is C16H24N2O3. The van der Waals surface area contributed by atoms with E-state index in [-0.39, 0.29) is 30.8 Å². The van der Waals surface area contributed by atoms with Crippen molar-refractivity contribution in [2.24, 2.45) is 11.7 Å². The molecule has 5 heteroatoms. The lowest BCUT2D eigenvalue weighted by Gasteiger charge is -2.26. The zero-order valence-electron chi connectivity index (χ0n) is 12.9. The molecule has 0 aliphatic heterocycles. The molecule has 1 aromatic carbocycles. The van der Waals surface area contributed by atoms with Crippen LogP contribution in [0.4, 0.5) is 0 Å². The molecule has 5 nitrogen and oxygen atoms in total. The lowest BCUT2D eigenvalue weighted by Crippen LogP contribution is -2.45. The topological polar surface area (TPSA) is 81.4 Å². The summed E-state index contributed by atoms with van der Waals surface area (Å²) in [7, 11) is 0. The van der Waals surface area contributed by atoms with Gasteiger partial charge in [-0.1, -0.05) is 37.3 Å². The van der Waals surface area contributed by atoms with Crippen LogP contribution < -0.4 is 11.1 Å². The number of ether oxygens (including phenoxy) is 1. The Bertz CT molecular complexity index is 472. The van der Waals surface area contributed by atoms with Crippen LogP contribution in [0, 0.1) is 5.92 Å². The summed E-state index contributed by atoms with van der Waals surface area (Å²) in [6.45, 7) is 6.25. The largest absolute Gasteiger partial charge is 0.461 e. The fraction of sp³-hybridized carbons (Fsp3) is 0.500. The number of benzene rings is 1. The van der Waals surface area contributed by atoms with Gasteiger partial charge in [0.1, 0.15) is 6.61 Å². The van der Waals surface area contributed by atoms with E-state index in [1.54, 1.807) is 6.92 Å². The van der Waals surface area contributed by atoms with Gasteiger partial charge in [0.05, 0.1) is 5.92 Å². The second-order valence-corrected chi connectivity index (χ2v) is 5.90. The third-order valence-corrected chi connectivity index (χ3v) is 3.13. The molecule has 1 unspecified atom stereocenters. The van der Waals surface area contributed by atoms with Crippen molar-refractivity contribution in [1.82, 2.24) is 5.32 Å². The van der Waals surface area contributed by atoms with Crippen LogP contribution in [0.15, 0.2) is 30.3 Å². The number of carbonyl (C=O) groups excluding carboxylic acids is 2. The Balaban J connectivity index is 2.36. The Hall–Kier alpha value is -1.88. The molecule has 0 radical (unpaired) electrons. The fourth-order valence-corrected chi connectivity index (χ4v) is 1.88. The van der Waals surface area contributed by atoms with Crippen molar-refractivity contribution in [2.75, 3.05) is 6.54 Å². The zero-order chi connectivity index (χ0) is 15.9. The monoisotopic (exact) mass is 292 g/mol. The first-order chi connectivity index (χ1) is 9.80. The summed E-state index contributed by atoms with van der Waals surface area (Å²) in [5.41, 5.74) is 5.71. The van der Waals surface area contributed by atoms with E-state index in [1.807, 2.05) is 44.2 Å². The van der Waals surface area contributed by atoms with Gasteiger partial charge < -0.3 is 15.8 Å². The van der Waals surface area contributed by atoms with Crippen LogP contribution >= 0.6 is 0 Å². The van der Waals surface area contributed by atoms with Crippen molar-refractivity contribution < 1.29 is 14.3 Å². The average Bonchev–Trinajstić information content (AvgIpc) is 2.42. The molecule has 0 saturated carbocycles. The molecule has 1 atom stereocenters. The zero-order valence-corrected chi connectivity index (χ0v) is 12.9. The molecule has 0 spiro atoms. The van der Waals surface area contributed by atoms with E-state index < -0.39 is 5.54 Å². The van der Waals surface area contributed by atoms with Crippen molar-refractivity contribution >= 4 is 11.9 Å². The highest BCUT2D eigenvalue weighted by atomic mass is 16.5. The van der Waals surface area contributed by atoms with Gasteiger partial charge in [-0.3, -0.25) is 9.59 Å². The number of hydrogen-bond donors (Lipinski definition) is 2. The lowest BCUT2D eigenvalue weighted by molar-refractivity contribution is -0.149. The molecule has 0 aliphatic rings. The molecule has 116 valence electrons. The Kier molecular flexibility index (Phi) is 6.37. The quantitative estimate of drug-likeness (QED) is 0.713. The fourth-order valence-electron chi connectivity index (χ4n) is 1.88. The van der Waals surface area contributed by atoms with Crippen LogP contribution in [0.3, 0.4) is 0 Å². The van der Waals surface area contributed by atoms with Crippen LogP contribution in [0.5, 0.6) is 0 Å². The Morgan fingerprint density at radius 1 is 1.29 bits per heavy atom. The average molecular weight is 292 g/mol. The Labute approximate surface area is 125 Å². The van der Waals surface area contributed by atoms with E-state index in [9.17, 15) is 9.59 Å². The number of nitrogens with two attached hydrogens (primary N) is 1. The molecule has 1 rings (SSSR count). The van der Waals surface area contributed by atoms with E-state index in [0.29, 0.717) is 6.54 Å². The predicted molar refractivity (Wildman–Crippen MR) is 81.3 cm³/mol. The van der Waals surface area contributed by atoms with Gasteiger partial charge in [0, 0.05) is 18.5 Å². The highest BCUT2D eigenvalue weighted by molar-refractivity contribution is 5.75. The molecule has 0 fully saturated rings. The van der Waals surface area contributed by atoms with Gasteiger partial charge in [0.25, 0.3) is 0 Å². The Morgan fingerprint density at radius 2 is 1.90 bits per heavy atom. The standard InChI is InChI=1S/C16H24N2O3/c1-12(10-18-16(2,3)9-14(17)19)15(20)21-11-13-7-5-4-6-8-13/h4-8,12,18H,9-11H2,1-3H3,(H2,17,19). The van der Waals surface area contributed by atoms with Gasteiger partial charge in [0.2, 0.25) is 5.91 Å². The van der Waals surface area contributed by atoms with E-state index in [4.69, 9.17) is 10.5 Å². The van der Waals surface area contributed by atoms with E-state index in [1.165, 1.54) is 0 Å². The van der Waals surface area contributed by atoms with Crippen molar-refractivity contribution in [3.63, 3.8) is 0 Å². The molecule has 1 aromatic rings. The maximum atomic E-state index is 11.9. The second-order valence-electron chi connectivity index (χ2n) is 5.90. The first kappa shape index (κ1) is 17.2. The highest BCUT2D eigenvalue weighted by Crippen LogP contribution is 2.10. The normalized spacial score (nSPS) is 12.7. The van der Waals surface area contributed by atoms with Gasteiger partial charge in [-0.05, 0) is 19.4 Å². The van der Waals surface area contributed by atoms with Crippen molar-refractivity contribution in [3.05, 3.63) is 35.9 Å². The summed E-state index contributed by atoms with van der Waals surface area (Å²) in [5.74, 6) is -0.922. The van der Waals surface area contributed by atoms with Crippen molar-refractivity contribution in [1.29, 1.82) is 0 Å². The number of esters is 1. The minimum atomic E-state index is -0.431. The van der Waals surface area contributed by atoms with E-state index in [0.717, 1.165) is 5.56 Å². The third kappa shape index (κ3) is 6.90. The van der Waals surface area contributed by atoms with E-state index >= 15 is 0 Å². The third-order valence-electron chi connectivity index (χ3n) is 3.13.